The van der Waals surface area contributed by atoms with Crippen molar-refractivity contribution in [2.45, 2.75) is 19.8 Å². The van der Waals surface area contributed by atoms with Crippen LogP contribution in [0.2, 0.25) is 0 Å². The molecule has 0 saturated carbocycles. The van der Waals surface area contributed by atoms with Gasteiger partial charge in [0.05, 0.1) is 0 Å². The van der Waals surface area contributed by atoms with Gasteiger partial charge in [-0.3, -0.25) is 4.79 Å². The Morgan fingerprint density at radius 1 is 1.50 bits per heavy atom. The van der Waals surface area contributed by atoms with Crippen LogP contribution in [0.1, 0.15) is 18.4 Å². The Balaban J connectivity index is 2.49. The molecule has 0 radical (unpaired) electrons. The second-order valence-electron chi connectivity index (χ2n) is 3.60. The third-order valence-corrected chi connectivity index (χ3v) is 3.41. The topological polar surface area (TPSA) is 29.1 Å². The summed E-state index contributed by atoms with van der Waals surface area (Å²) in [6.07, 6.45) is 3.58. The van der Waals surface area contributed by atoms with Crippen molar-refractivity contribution in [2.24, 2.45) is 0 Å². The van der Waals surface area contributed by atoms with E-state index in [1.807, 2.05) is 25.1 Å². The predicted octanol–water partition coefficient (Wildman–Crippen LogP) is 3.84. The zero-order valence-electron chi connectivity index (χ0n) is 9.55. The van der Waals surface area contributed by atoms with Crippen LogP contribution in [0.3, 0.4) is 0 Å². The second kappa shape index (κ2) is 6.97. The summed E-state index contributed by atoms with van der Waals surface area (Å²) in [5.41, 5.74) is 1.98. The Kier molecular flexibility index (Phi) is 5.91. The lowest BCUT2D eigenvalue weighted by molar-refractivity contribution is -0.116. The molecular weight excluding hydrogens is 286 g/mol. The number of carbonyl (C=O) groups is 1. The van der Waals surface area contributed by atoms with E-state index in [0.29, 0.717) is 6.42 Å². The molecule has 0 aliphatic rings. The van der Waals surface area contributed by atoms with Gasteiger partial charge in [-0.25, -0.2) is 0 Å². The summed E-state index contributed by atoms with van der Waals surface area (Å²) in [7, 11) is 0. The first-order valence-corrected chi connectivity index (χ1v) is 7.37. The summed E-state index contributed by atoms with van der Waals surface area (Å²) < 4.78 is 1.03. The molecule has 0 fully saturated rings. The molecule has 0 aromatic heterocycles. The van der Waals surface area contributed by atoms with E-state index in [4.69, 9.17) is 0 Å². The average Bonchev–Trinajstić information content (AvgIpc) is 2.23. The van der Waals surface area contributed by atoms with Crippen LogP contribution in [0.25, 0.3) is 0 Å². The van der Waals surface area contributed by atoms with Crippen LogP contribution in [0.5, 0.6) is 0 Å². The maximum absolute atomic E-state index is 11.6. The first-order valence-electron chi connectivity index (χ1n) is 5.18. The minimum atomic E-state index is 0.0967. The maximum Gasteiger partial charge on any atom is 0.224 e. The SMILES string of the molecule is CSCCCC(=O)Nc1ccc(Br)cc1C. The molecule has 0 heterocycles. The fourth-order valence-electron chi connectivity index (χ4n) is 1.36. The molecule has 0 atom stereocenters. The summed E-state index contributed by atoms with van der Waals surface area (Å²) in [6.45, 7) is 1.99. The largest absolute Gasteiger partial charge is 0.326 e. The van der Waals surface area contributed by atoms with Gasteiger partial charge >= 0.3 is 0 Å². The molecule has 0 aliphatic heterocycles. The molecule has 1 rings (SSSR count). The molecule has 0 aliphatic carbocycles. The normalized spacial score (nSPS) is 10.2. The van der Waals surface area contributed by atoms with Gasteiger partial charge in [-0.15, -0.1) is 0 Å². The number of hydrogen-bond acceptors (Lipinski definition) is 2. The minimum absolute atomic E-state index is 0.0967. The Labute approximate surface area is 109 Å². The Morgan fingerprint density at radius 2 is 2.25 bits per heavy atom. The molecule has 2 nitrogen and oxygen atoms in total. The molecule has 1 N–H and O–H groups in total. The Bertz CT molecular complexity index is 368. The smallest absolute Gasteiger partial charge is 0.224 e. The van der Waals surface area contributed by atoms with Crippen LogP contribution in [-0.4, -0.2) is 17.9 Å². The van der Waals surface area contributed by atoms with Crippen LogP contribution in [0.15, 0.2) is 22.7 Å². The number of hydrogen-bond donors (Lipinski definition) is 1. The van der Waals surface area contributed by atoms with E-state index in [1.165, 1.54) is 0 Å². The average molecular weight is 302 g/mol. The number of benzene rings is 1. The van der Waals surface area contributed by atoms with Gasteiger partial charge in [0, 0.05) is 16.6 Å². The quantitative estimate of drug-likeness (QED) is 0.837. The standard InChI is InChI=1S/C12H16BrNOS/c1-9-8-10(13)5-6-11(9)14-12(15)4-3-7-16-2/h5-6,8H,3-4,7H2,1-2H3,(H,14,15). The van der Waals surface area contributed by atoms with Gasteiger partial charge in [-0.1, -0.05) is 15.9 Å². The van der Waals surface area contributed by atoms with Crippen LogP contribution in [0, 0.1) is 6.92 Å². The summed E-state index contributed by atoms with van der Waals surface area (Å²) in [6, 6.07) is 5.86. The van der Waals surface area contributed by atoms with Gasteiger partial charge in [-0.2, -0.15) is 11.8 Å². The fraction of sp³-hybridized carbons (Fsp3) is 0.417. The zero-order chi connectivity index (χ0) is 12.0. The van der Waals surface area contributed by atoms with Gasteiger partial charge in [0.15, 0.2) is 0 Å². The highest BCUT2D eigenvalue weighted by Crippen LogP contribution is 2.20. The second-order valence-corrected chi connectivity index (χ2v) is 5.51. The highest BCUT2D eigenvalue weighted by Gasteiger charge is 2.04. The van der Waals surface area contributed by atoms with Gasteiger partial charge in [0.25, 0.3) is 0 Å². The first-order chi connectivity index (χ1) is 7.63. The van der Waals surface area contributed by atoms with E-state index in [1.54, 1.807) is 11.8 Å². The van der Waals surface area contributed by atoms with E-state index < -0.39 is 0 Å². The first kappa shape index (κ1) is 13.6. The van der Waals surface area contributed by atoms with Crippen molar-refractivity contribution in [1.82, 2.24) is 0 Å². The maximum atomic E-state index is 11.6. The number of anilines is 1. The van der Waals surface area contributed by atoms with E-state index in [0.717, 1.165) is 27.9 Å². The predicted molar refractivity (Wildman–Crippen MR) is 75.1 cm³/mol. The molecule has 88 valence electrons. The van der Waals surface area contributed by atoms with Crippen LogP contribution < -0.4 is 5.32 Å². The summed E-state index contributed by atoms with van der Waals surface area (Å²) in [5, 5.41) is 2.93. The molecule has 0 unspecified atom stereocenters. The molecule has 1 aromatic carbocycles. The van der Waals surface area contributed by atoms with Gasteiger partial charge in [0.2, 0.25) is 5.91 Å². The van der Waals surface area contributed by atoms with E-state index in [2.05, 4.69) is 27.5 Å². The lowest BCUT2D eigenvalue weighted by Crippen LogP contribution is -2.12. The summed E-state index contributed by atoms with van der Waals surface area (Å²) in [5.74, 6) is 1.13. The van der Waals surface area contributed by atoms with Gasteiger partial charge in [-0.05, 0) is 49.1 Å². The van der Waals surface area contributed by atoms with E-state index in [9.17, 15) is 4.79 Å². The molecule has 1 amide bonds. The molecule has 0 bridgehead atoms. The van der Waals surface area contributed by atoms with Crippen molar-refractivity contribution in [2.75, 3.05) is 17.3 Å². The number of rotatable bonds is 5. The van der Waals surface area contributed by atoms with Crippen molar-refractivity contribution in [3.63, 3.8) is 0 Å². The highest BCUT2D eigenvalue weighted by atomic mass is 79.9. The lowest BCUT2D eigenvalue weighted by atomic mass is 10.2. The van der Waals surface area contributed by atoms with Crippen LogP contribution in [-0.2, 0) is 4.79 Å². The van der Waals surface area contributed by atoms with Gasteiger partial charge < -0.3 is 5.32 Å². The monoisotopic (exact) mass is 301 g/mol. The Morgan fingerprint density at radius 3 is 2.88 bits per heavy atom. The zero-order valence-corrected chi connectivity index (χ0v) is 12.0. The molecule has 16 heavy (non-hydrogen) atoms. The third-order valence-electron chi connectivity index (χ3n) is 2.21. The van der Waals surface area contributed by atoms with Crippen molar-refractivity contribution < 1.29 is 4.79 Å². The van der Waals surface area contributed by atoms with Crippen LogP contribution >= 0.6 is 27.7 Å². The van der Waals surface area contributed by atoms with Crippen molar-refractivity contribution in [3.8, 4) is 0 Å². The number of halogens is 1. The third kappa shape index (κ3) is 4.58. The fourth-order valence-corrected chi connectivity index (χ4v) is 2.27. The number of aryl methyl sites for hydroxylation is 1. The lowest BCUT2D eigenvalue weighted by Gasteiger charge is -2.08. The molecular formula is C12H16BrNOS. The number of amides is 1. The summed E-state index contributed by atoms with van der Waals surface area (Å²) in [4.78, 5) is 11.6. The van der Waals surface area contributed by atoms with Crippen molar-refractivity contribution in [3.05, 3.63) is 28.2 Å². The van der Waals surface area contributed by atoms with Crippen molar-refractivity contribution in [1.29, 1.82) is 0 Å². The van der Waals surface area contributed by atoms with Crippen LogP contribution in [0.4, 0.5) is 5.69 Å². The minimum Gasteiger partial charge on any atom is -0.326 e. The Hall–Kier alpha value is -0.480. The number of thioether (sulfide) groups is 1. The molecule has 1 aromatic rings. The molecule has 0 spiro atoms. The molecule has 4 heteroatoms. The van der Waals surface area contributed by atoms with E-state index >= 15 is 0 Å². The highest BCUT2D eigenvalue weighted by molar-refractivity contribution is 9.10. The summed E-state index contributed by atoms with van der Waals surface area (Å²) >= 11 is 5.17. The van der Waals surface area contributed by atoms with E-state index in [-0.39, 0.29) is 5.91 Å². The van der Waals surface area contributed by atoms with Gasteiger partial charge in [0.1, 0.15) is 0 Å². The van der Waals surface area contributed by atoms with Crippen molar-refractivity contribution >= 4 is 39.3 Å². The number of nitrogens with one attached hydrogen (secondary N) is 1. The molecule has 0 saturated heterocycles. The number of carbonyl (C=O) groups excluding carboxylic acids is 1.